The third-order valence-corrected chi connectivity index (χ3v) is 7.96. The molecule has 214 valence electrons. The summed E-state index contributed by atoms with van der Waals surface area (Å²) in [5.74, 6) is 2.00. The minimum atomic E-state index is -0.353. The third kappa shape index (κ3) is 8.89. The van der Waals surface area contributed by atoms with Crippen molar-refractivity contribution in [3.05, 3.63) is 149 Å². The minimum absolute atomic E-state index is 0. The van der Waals surface area contributed by atoms with Crippen molar-refractivity contribution in [2.24, 2.45) is 0 Å². The van der Waals surface area contributed by atoms with Gasteiger partial charge >= 0.3 is 18.9 Å². The van der Waals surface area contributed by atoms with E-state index in [0.29, 0.717) is 58.7 Å². The van der Waals surface area contributed by atoms with Crippen molar-refractivity contribution in [3.63, 3.8) is 0 Å². The molecule has 0 aliphatic heterocycles. The number of ether oxygens (including phenoxy) is 4. The molecule has 5 nitrogen and oxygen atoms in total. The summed E-state index contributed by atoms with van der Waals surface area (Å²) < 4.78 is 24.4. The van der Waals surface area contributed by atoms with E-state index in [1.54, 1.807) is 18.2 Å². The van der Waals surface area contributed by atoms with Crippen LogP contribution in [0.2, 0.25) is 5.02 Å². The molecule has 5 rings (SSSR count). The Hall–Kier alpha value is -3.71. The van der Waals surface area contributed by atoms with E-state index in [1.807, 2.05) is 103 Å². The summed E-state index contributed by atoms with van der Waals surface area (Å²) in [4.78, 5) is 13.8. The molecule has 0 aliphatic carbocycles. The second kappa shape index (κ2) is 16.2. The number of rotatable bonds is 13. The number of carbonyl (C=O) groups is 1. The molecule has 0 amide bonds. The third-order valence-electron chi connectivity index (χ3n) is 6.42. The summed E-state index contributed by atoms with van der Waals surface area (Å²) in [6.45, 7) is 0.985. The number of hydrogen-bond acceptors (Lipinski definition) is 5. The molecule has 8 heteroatoms. The van der Waals surface area contributed by atoms with Crippen LogP contribution in [0.15, 0.2) is 121 Å². The van der Waals surface area contributed by atoms with Gasteiger partial charge < -0.3 is 18.9 Å². The summed E-state index contributed by atoms with van der Waals surface area (Å²) in [5, 5.41) is 0.953. The zero-order valence-corrected chi connectivity index (χ0v) is 24.8. The van der Waals surface area contributed by atoms with Crippen molar-refractivity contribution < 1.29 is 23.7 Å². The summed E-state index contributed by atoms with van der Waals surface area (Å²) in [5.41, 5.74) is 3.15. The van der Waals surface area contributed by atoms with Gasteiger partial charge in [0.25, 0.3) is 0 Å². The van der Waals surface area contributed by atoms with E-state index in [9.17, 15) is 4.79 Å². The molecule has 0 aromatic heterocycles. The molecule has 1 atom stereocenters. The summed E-state index contributed by atoms with van der Waals surface area (Å²) in [6.07, 6.45) is 0. The normalized spacial score (nSPS) is 10.7. The van der Waals surface area contributed by atoms with Crippen LogP contribution in [-0.2, 0) is 19.8 Å². The Kier molecular flexibility index (Phi) is 12.1. The second-order valence-electron chi connectivity index (χ2n) is 9.39. The van der Waals surface area contributed by atoms with E-state index in [4.69, 9.17) is 30.5 Å². The number of benzene rings is 5. The van der Waals surface area contributed by atoms with Gasteiger partial charge in [0.2, 0.25) is 0 Å². The summed E-state index contributed by atoms with van der Waals surface area (Å²) >= 11 is 6.48. The van der Waals surface area contributed by atoms with Crippen molar-refractivity contribution in [2.45, 2.75) is 19.8 Å². The van der Waals surface area contributed by atoms with Gasteiger partial charge in [0.05, 0.1) is 23.0 Å². The molecule has 0 bridgehead atoms. The molecule has 0 N–H and O–H groups in total. The second-order valence-corrected chi connectivity index (χ2v) is 11.0. The number of halogens is 1. The number of methoxy groups -OCH3 is 1. The van der Waals surface area contributed by atoms with E-state index in [1.165, 1.54) is 7.11 Å². The van der Waals surface area contributed by atoms with Gasteiger partial charge in [-0.05, 0) is 37.4 Å². The molecule has 0 saturated heterocycles. The van der Waals surface area contributed by atoms with Gasteiger partial charge in [0, 0.05) is 12.1 Å². The fourth-order valence-electron chi connectivity index (χ4n) is 4.28. The van der Waals surface area contributed by atoms with Crippen LogP contribution in [0.5, 0.6) is 23.0 Å². The molecule has 0 heterocycles. The van der Waals surface area contributed by atoms with Crippen LogP contribution in [0.1, 0.15) is 27.0 Å². The van der Waals surface area contributed by atoms with Gasteiger partial charge in [0.1, 0.15) is 42.8 Å². The molecule has 5 aromatic rings. The fraction of sp³-hybridized carbons (Fsp3) is 0.114. The zero-order chi connectivity index (χ0) is 29.1. The van der Waals surface area contributed by atoms with Crippen molar-refractivity contribution in [1.82, 2.24) is 0 Å². The molecular formula is C35H31ClLiO5P. The van der Waals surface area contributed by atoms with Crippen molar-refractivity contribution in [1.29, 1.82) is 0 Å². The van der Waals surface area contributed by atoms with Crippen LogP contribution in [0.3, 0.4) is 0 Å². The topological polar surface area (TPSA) is 54.0 Å². The predicted molar refractivity (Wildman–Crippen MR) is 176 cm³/mol. The molecule has 0 fully saturated rings. The first-order valence-corrected chi connectivity index (χ1v) is 14.8. The average Bonchev–Trinajstić information content (AvgIpc) is 3.04. The Balaban J connectivity index is 0.00000423. The number of hydrogen-bond donors (Lipinski definition) is 0. The van der Waals surface area contributed by atoms with Gasteiger partial charge in [-0.3, -0.25) is 4.79 Å². The number of carbonyl (C=O) groups excluding carboxylic acids is 1. The van der Waals surface area contributed by atoms with E-state index < -0.39 is 0 Å². The van der Waals surface area contributed by atoms with Gasteiger partial charge in [-0.2, -0.15) is 0 Å². The van der Waals surface area contributed by atoms with Crippen LogP contribution in [0.25, 0.3) is 0 Å². The first-order chi connectivity index (χ1) is 20.6. The average molecular weight is 605 g/mol. The van der Waals surface area contributed by atoms with E-state index in [2.05, 4.69) is 0 Å². The SMILES string of the molecule is COc1cccc(Cl)c1C(=O)Pc1c(OCc2ccccc2)cc(OCc2ccccc2)cc1OCc1ccccc1.[LiH]. The van der Waals surface area contributed by atoms with Crippen LogP contribution >= 0.6 is 20.2 Å². The van der Waals surface area contributed by atoms with Gasteiger partial charge in [0.15, 0.2) is 5.52 Å². The van der Waals surface area contributed by atoms with Gasteiger partial charge in [-0.15, -0.1) is 0 Å². The van der Waals surface area contributed by atoms with E-state index in [0.717, 1.165) is 16.7 Å². The van der Waals surface area contributed by atoms with Gasteiger partial charge in [-0.1, -0.05) is 109 Å². The first-order valence-electron chi connectivity index (χ1n) is 13.4. The molecule has 1 unspecified atom stereocenters. The van der Waals surface area contributed by atoms with E-state index >= 15 is 0 Å². The molecular weight excluding hydrogens is 574 g/mol. The Morgan fingerprint density at radius 1 is 0.628 bits per heavy atom. The van der Waals surface area contributed by atoms with E-state index in [-0.39, 0.29) is 33.0 Å². The Morgan fingerprint density at radius 2 is 1.09 bits per heavy atom. The Bertz CT molecular complexity index is 1550. The maximum atomic E-state index is 13.8. The van der Waals surface area contributed by atoms with Crippen LogP contribution in [0.4, 0.5) is 0 Å². The standard InChI is InChI=1S/C35H30ClO5P.Li.H/c1-38-30-19-11-18-29(36)33(30)35(37)42-34-31(40-23-26-14-7-3-8-15-26)20-28(39-22-25-12-5-2-6-13-25)21-32(34)41-24-27-16-9-4-10-17-27;;/h2-21,42H,22-24H2,1H3;;. The summed E-state index contributed by atoms with van der Waals surface area (Å²) in [6, 6.07) is 38.4. The monoisotopic (exact) mass is 604 g/mol. The fourth-order valence-corrected chi connectivity index (χ4v) is 5.76. The molecule has 0 aliphatic rings. The van der Waals surface area contributed by atoms with Crippen molar-refractivity contribution in [3.8, 4) is 23.0 Å². The molecule has 43 heavy (non-hydrogen) atoms. The van der Waals surface area contributed by atoms with Gasteiger partial charge in [-0.25, -0.2) is 0 Å². The quantitative estimate of drug-likeness (QED) is 0.102. The Labute approximate surface area is 271 Å². The van der Waals surface area contributed by atoms with Crippen molar-refractivity contribution in [2.75, 3.05) is 7.11 Å². The molecule has 0 spiro atoms. The maximum absolute atomic E-state index is 13.8. The predicted octanol–water partition coefficient (Wildman–Crippen LogP) is 7.58. The van der Waals surface area contributed by atoms with Crippen LogP contribution in [0, 0.1) is 0 Å². The first kappa shape index (κ1) is 32.2. The Morgan fingerprint density at radius 3 is 1.56 bits per heavy atom. The molecule has 5 aromatic carbocycles. The molecule has 0 saturated carbocycles. The summed E-state index contributed by atoms with van der Waals surface area (Å²) in [7, 11) is 1.17. The van der Waals surface area contributed by atoms with Crippen LogP contribution in [-0.4, -0.2) is 31.5 Å². The van der Waals surface area contributed by atoms with Crippen LogP contribution < -0.4 is 24.3 Å². The molecule has 0 radical (unpaired) electrons. The zero-order valence-electron chi connectivity index (χ0n) is 23.1. The van der Waals surface area contributed by atoms with Crippen molar-refractivity contribution >= 4 is 49.9 Å².